The number of nitrogens with zero attached hydrogens (tertiary/aromatic N) is 2. The lowest BCUT2D eigenvalue weighted by atomic mass is 10.1. The highest BCUT2D eigenvalue weighted by atomic mass is 79.9. The minimum absolute atomic E-state index is 0.00718. The number of hydrogen-bond acceptors (Lipinski definition) is 4. The van der Waals surface area contributed by atoms with Crippen molar-refractivity contribution < 1.29 is 22.4 Å². The van der Waals surface area contributed by atoms with Crippen LogP contribution in [0, 0.1) is 12.7 Å². The Morgan fingerprint density at radius 3 is 2.10 bits per heavy atom. The zero-order chi connectivity index (χ0) is 28.7. The third-order valence-corrected chi connectivity index (χ3v) is 8.75. The number of anilines is 1. The topological polar surface area (TPSA) is 86.8 Å². The lowest BCUT2D eigenvalue weighted by Crippen LogP contribution is -2.52. The predicted octanol–water partition coefficient (Wildman–Crippen LogP) is 5.42. The summed E-state index contributed by atoms with van der Waals surface area (Å²) in [6.45, 7) is 6.77. The van der Waals surface area contributed by atoms with E-state index in [1.165, 1.54) is 29.2 Å². The van der Waals surface area contributed by atoms with Crippen molar-refractivity contribution >= 4 is 43.5 Å². The second-order valence-corrected chi connectivity index (χ2v) is 12.2. The van der Waals surface area contributed by atoms with Crippen LogP contribution in [0.4, 0.5) is 10.1 Å². The van der Waals surface area contributed by atoms with Gasteiger partial charge in [-0.2, -0.15) is 0 Å². The standard InChI is InChI=1S/C29H33BrFN3O4S/c1-5-21(3)32-29(36)22(4)33(18-23-8-10-24(30)11-9-23)28(35)19-34(26-14-12-25(31)13-15-26)39(37,38)27-16-6-20(2)7-17-27/h6-17,21-22H,5,18-19H2,1-4H3,(H,32,36). The van der Waals surface area contributed by atoms with Gasteiger partial charge in [0, 0.05) is 17.1 Å². The van der Waals surface area contributed by atoms with Crippen LogP contribution in [-0.2, 0) is 26.2 Å². The SMILES string of the molecule is CCC(C)NC(=O)C(C)N(Cc1ccc(Br)cc1)C(=O)CN(c1ccc(F)cc1)S(=O)(=O)c1ccc(C)cc1. The van der Waals surface area contributed by atoms with E-state index in [-0.39, 0.29) is 29.1 Å². The van der Waals surface area contributed by atoms with Gasteiger partial charge in [-0.1, -0.05) is 52.7 Å². The van der Waals surface area contributed by atoms with Crippen molar-refractivity contribution in [3.05, 3.63) is 94.2 Å². The van der Waals surface area contributed by atoms with E-state index in [1.807, 2.05) is 45.0 Å². The first-order chi connectivity index (χ1) is 18.4. The Hall–Kier alpha value is -3.24. The molecule has 2 amide bonds. The Morgan fingerprint density at radius 1 is 0.949 bits per heavy atom. The maximum absolute atomic E-state index is 13.9. The average Bonchev–Trinajstić information content (AvgIpc) is 2.91. The smallest absolute Gasteiger partial charge is 0.264 e. The highest BCUT2D eigenvalue weighted by molar-refractivity contribution is 9.10. The van der Waals surface area contributed by atoms with Crippen LogP contribution in [0.5, 0.6) is 0 Å². The summed E-state index contributed by atoms with van der Waals surface area (Å²) in [5, 5.41) is 2.90. The Kier molecular flexibility index (Phi) is 10.3. The molecule has 0 spiro atoms. The number of halogens is 2. The molecular weight excluding hydrogens is 585 g/mol. The summed E-state index contributed by atoms with van der Waals surface area (Å²) in [6.07, 6.45) is 0.715. The molecule has 2 atom stereocenters. The van der Waals surface area contributed by atoms with E-state index in [4.69, 9.17) is 0 Å². The van der Waals surface area contributed by atoms with Gasteiger partial charge in [-0.3, -0.25) is 13.9 Å². The molecule has 0 bridgehead atoms. The van der Waals surface area contributed by atoms with Crippen molar-refractivity contribution in [1.29, 1.82) is 0 Å². The molecule has 0 saturated carbocycles. The number of nitrogens with one attached hydrogen (secondary N) is 1. The Morgan fingerprint density at radius 2 is 1.54 bits per heavy atom. The second kappa shape index (κ2) is 13.2. The van der Waals surface area contributed by atoms with Crippen molar-refractivity contribution in [2.24, 2.45) is 0 Å². The third kappa shape index (κ3) is 7.89. The lowest BCUT2D eigenvalue weighted by Gasteiger charge is -2.32. The van der Waals surface area contributed by atoms with Gasteiger partial charge >= 0.3 is 0 Å². The molecule has 0 aliphatic rings. The molecule has 0 radical (unpaired) electrons. The number of hydrogen-bond donors (Lipinski definition) is 1. The molecule has 0 aliphatic heterocycles. The number of amides is 2. The van der Waals surface area contributed by atoms with Crippen molar-refractivity contribution in [1.82, 2.24) is 10.2 Å². The van der Waals surface area contributed by atoms with E-state index in [9.17, 15) is 22.4 Å². The van der Waals surface area contributed by atoms with Crippen molar-refractivity contribution in [3.8, 4) is 0 Å². The zero-order valence-corrected chi connectivity index (χ0v) is 24.8. The van der Waals surface area contributed by atoms with Crippen LogP contribution < -0.4 is 9.62 Å². The molecule has 0 heterocycles. The van der Waals surface area contributed by atoms with Crippen LogP contribution in [0.3, 0.4) is 0 Å². The molecule has 2 unspecified atom stereocenters. The molecule has 3 rings (SSSR count). The number of aryl methyl sites for hydroxylation is 1. The monoisotopic (exact) mass is 617 g/mol. The first-order valence-corrected chi connectivity index (χ1v) is 14.8. The maximum atomic E-state index is 13.9. The maximum Gasteiger partial charge on any atom is 0.264 e. The molecule has 208 valence electrons. The normalized spacial score (nSPS) is 12.9. The molecule has 0 aromatic heterocycles. The number of carbonyl (C=O) groups excluding carboxylic acids is 2. The summed E-state index contributed by atoms with van der Waals surface area (Å²) in [7, 11) is -4.20. The fourth-order valence-electron chi connectivity index (χ4n) is 3.81. The van der Waals surface area contributed by atoms with Gasteiger partial charge in [0.25, 0.3) is 10.0 Å². The number of benzene rings is 3. The quantitative estimate of drug-likeness (QED) is 0.311. The fourth-order valence-corrected chi connectivity index (χ4v) is 5.49. The van der Waals surface area contributed by atoms with Crippen LogP contribution >= 0.6 is 15.9 Å². The van der Waals surface area contributed by atoms with E-state index >= 15 is 0 Å². The highest BCUT2D eigenvalue weighted by Crippen LogP contribution is 2.25. The summed E-state index contributed by atoms with van der Waals surface area (Å²) in [6, 6.07) is 17.5. The molecule has 3 aromatic carbocycles. The Bertz CT molecular complexity index is 1380. The summed E-state index contributed by atoms with van der Waals surface area (Å²) < 4.78 is 43.0. The van der Waals surface area contributed by atoms with Crippen molar-refractivity contribution in [2.45, 2.75) is 57.6 Å². The van der Waals surface area contributed by atoms with Crippen LogP contribution in [0.2, 0.25) is 0 Å². The van der Waals surface area contributed by atoms with E-state index < -0.39 is 34.3 Å². The molecule has 0 saturated heterocycles. The van der Waals surface area contributed by atoms with E-state index in [1.54, 1.807) is 19.1 Å². The van der Waals surface area contributed by atoms with Gasteiger partial charge in [0.05, 0.1) is 10.6 Å². The average molecular weight is 619 g/mol. The van der Waals surface area contributed by atoms with Crippen LogP contribution in [0.25, 0.3) is 0 Å². The number of carbonyl (C=O) groups is 2. The van der Waals surface area contributed by atoms with Gasteiger partial charge in [-0.15, -0.1) is 0 Å². The molecule has 10 heteroatoms. The minimum atomic E-state index is -4.20. The minimum Gasteiger partial charge on any atom is -0.352 e. The van der Waals surface area contributed by atoms with Crippen LogP contribution in [-0.4, -0.2) is 43.8 Å². The first kappa shape index (κ1) is 30.3. The second-order valence-electron chi connectivity index (χ2n) is 9.44. The lowest BCUT2D eigenvalue weighted by molar-refractivity contribution is -0.139. The third-order valence-electron chi connectivity index (χ3n) is 6.44. The van der Waals surface area contributed by atoms with Gasteiger partial charge < -0.3 is 10.2 Å². The van der Waals surface area contributed by atoms with Crippen molar-refractivity contribution in [3.63, 3.8) is 0 Å². The molecule has 1 N–H and O–H groups in total. The van der Waals surface area contributed by atoms with Gasteiger partial charge in [0.2, 0.25) is 11.8 Å². The summed E-state index contributed by atoms with van der Waals surface area (Å²) in [4.78, 5) is 28.3. The Balaban J connectivity index is 2.01. The molecule has 0 aliphatic carbocycles. The van der Waals surface area contributed by atoms with E-state index in [0.29, 0.717) is 6.42 Å². The molecule has 39 heavy (non-hydrogen) atoms. The van der Waals surface area contributed by atoms with Gasteiger partial charge in [0.15, 0.2) is 0 Å². The van der Waals surface area contributed by atoms with Crippen LogP contribution in [0.1, 0.15) is 38.3 Å². The number of rotatable bonds is 11. The predicted molar refractivity (Wildman–Crippen MR) is 154 cm³/mol. The zero-order valence-electron chi connectivity index (χ0n) is 22.4. The number of sulfonamides is 1. The van der Waals surface area contributed by atoms with Gasteiger partial charge in [-0.25, -0.2) is 12.8 Å². The fraction of sp³-hybridized carbons (Fsp3) is 0.310. The van der Waals surface area contributed by atoms with E-state index in [2.05, 4.69) is 21.2 Å². The largest absolute Gasteiger partial charge is 0.352 e. The summed E-state index contributed by atoms with van der Waals surface area (Å²) in [5.41, 5.74) is 1.77. The molecular formula is C29H33BrFN3O4S. The summed E-state index contributed by atoms with van der Waals surface area (Å²) in [5.74, 6) is -1.46. The highest BCUT2D eigenvalue weighted by Gasteiger charge is 2.32. The van der Waals surface area contributed by atoms with Gasteiger partial charge in [0.1, 0.15) is 18.4 Å². The first-order valence-electron chi connectivity index (χ1n) is 12.6. The molecule has 0 fully saturated rings. The van der Waals surface area contributed by atoms with Crippen molar-refractivity contribution in [2.75, 3.05) is 10.8 Å². The molecule has 7 nitrogen and oxygen atoms in total. The summed E-state index contributed by atoms with van der Waals surface area (Å²) >= 11 is 3.40. The van der Waals surface area contributed by atoms with Gasteiger partial charge in [-0.05, 0) is 81.3 Å². The van der Waals surface area contributed by atoms with Crippen LogP contribution in [0.15, 0.2) is 82.2 Å². The van der Waals surface area contributed by atoms with E-state index in [0.717, 1.165) is 32.0 Å². The molecule has 3 aromatic rings. The Labute approximate surface area is 238 Å².